The van der Waals surface area contributed by atoms with Gasteiger partial charge in [-0.05, 0) is 20.8 Å². The maximum absolute atomic E-state index is 13.3. The van der Waals surface area contributed by atoms with E-state index in [0.29, 0.717) is 6.54 Å². The Bertz CT molecular complexity index is 378. The molecular formula is C12H19F3N2O2. The van der Waals surface area contributed by atoms with E-state index in [0.717, 1.165) is 0 Å². The molecule has 1 amide bonds. The molecule has 0 aromatic heterocycles. The van der Waals surface area contributed by atoms with Crippen LogP contribution in [0.15, 0.2) is 0 Å². The van der Waals surface area contributed by atoms with E-state index in [1.165, 1.54) is 4.90 Å². The highest BCUT2D eigenvalue weighted by Crippen LogP contribution is 2.50. The number of likely N-dealkylation sites (tertiary alicyclic amines) is 1. The Morgan fingerprint density at radius 3 is 2.47 bits per heavy atom. The molecule has 7 heteroatoms. The van der Waals surface area contributed by atoms with Gasteiger partial charge in [-0.3, -0.25) is 0 Å². The van der Waals surface area contributed by atoms with Crippen LogP contribution in [0.5, 0.6) is 0 Å². The number of fused-ring (bicyclic) bond motifs is 1. The summed E-state index contributed by atoms with van der Waals surface area (Å²) in [6, 6.07) is 0. The Kier molecular flexibility index (Phi) is 3.24. The van der Waals surface area contributed by atoms with Gasteiger partial charge in [-0.15, -0.1) is 0 Å². The minimum absolute atomic E-state index is 0.0986. The molecule has 2 atom stereocenters. The zero-order valence-electron chi connectivity index (χ0n) is 11.3. The molecule has 2 rings (SSSR count). The molecule has 0 aromatic carbocycles. The average molecular weight is 280 g/mol. The summed E-state index contributed by atoms with van der Waals surface area (Å²) in [6.45, 7) is 5.04. The van der Waals surface area contributed by atoms with Crippen molar-refractivity contribution in [2.75, 3.05) is 26.2 Å². The molecule has 2 heterocycles. The fraction of sp³-hybridized carbons (Fsp3) is 0.917. The Morgan fingerprint density at radius 2 is 2.00 bits per heavy atom. The molecule has 2 saturated heterocycles. The summed E-state index contributed by atoms with van der Waals surface area (Å²) in [6.07, 6.45) is -4.97. The molecule has 110 valence electrons. The van der Waals surface area contributed by atoms with Crippen molar-refractivity contribution in [2.45, 2.75) is 32.5 Å². The Balaban J connectivity index is 2.12. The Labute approximate surface area is 110 Å². The minimum atomic E-state index is -4.31. The van der Waals surface area contributed by atoms with Crippen molar-refractivity contribution in [3.05, 3.63) is 0 Å². The topological polar surface area (TPSA) is 41.6 Å². The molecule has 19 heavy (non-hydrogen) atoms. The predicted molar refractivity (Wildman–Crippen MR) is 62.7 cm³/mol. The van der Waals surface area contributed by atoms with Crippen LogP contribution < -0.4 is 5.32 Å². The van der Waals surface area contributed by atoms with Gasteiger partial charge in [0.1, 0.15) is 11.0 Å². The average Bonchev–Trinajstić information content (AvgIpc) is 2.68. The number of carbonyl (C=O) groups excluding carboxylic acids is 1. The van der Waals surface area contributed by atoms with E-state index in [2.05, 4.69) is 5.32 Å². The van der Waals surface area contributed by atoms with Gasteiger partial charge in [-0.1, -0.05) is 0 Å². The molecule has 2 aliphatic rings. The Hall–Kier alpha value is -0.980. The molecule has 0 radical (unpaired) electrons. The quantitative estimate of drug-likeness (QED) is 0.738. The standard InChI is InChI=1S/C12H19F3N2O2/c1-10(2,3)19-9(18)17-5-8-4-16-6-11(8,7-17)12(13,14)15/h8,16H,4-7H2,1-3H3/t8-,11+/m0/s1. The second kappa shape index (κ2) is 4.26. The lowest BCUT2D eigenvalue weighted by Gasteiger charge is -2.30. The summed E-state index contributed by atoms with van der Waals surface area (Å²) in [5.74, 6) is -0.583. The maximum atomic E-state index is 13.3. The van der Waals surface area contributed by atoms with Crippen molar-refractivity contribution in [1.82, 2.24) is 10.2 Å². The third-order valence-electron chi connectivity index (χ3n) is 3.74. The van der Waals surface area contributed by atoms with Crippen LogP contribution in [0.2, 0.25) is 0 Å². The smallest absolute Gasteiger partial charge is 0.410 e. The zero-order valence-corrected chi connectivity index (χ0v) is 11.3. The lowest BCUT2D eigenvalue weighted by atomic mass is 9.80. The van der Waals surface area contributed by atoms with Crippen molar-refractivity contribution in [3.63, 3.8) is 0 Å². The zero-order chi connectivity index (χ0) is 14.5. The Morgan fingerprint density at radius 1 is 1.37 bits per heavy atom. The molecule has 0 spiro atoms. The third kappa shape index (κ3) is 2.52. The van der Waals surface area contributed by atoms with Crippen molar-refractivity contribution in [3.8, 4) is 0 Å². The fourth-order valence-corrected chi connectivity index (χ4v) is 2.79. The fourth-order valence-electron chi connectivity index (χ4n) is 2.79. The van der Waals surface area contributed by atoms with Crippen LogP contribution in [0.4, 0.5) is 18.0 Å². The summed E-state index contributed by atoms with van der Waals surface area (Å²) in [4.78, 5) is 13.1. The molecule has 0 saturated carbocycles. The molecule has 0 unspecified atom stereocenters. The van der Waals surface area contributed by atoms with Crippen molar-refractivity contribution < 1.29 is 22.7 Å². The van der Waals surface area contributed by atoms with Gasteiger partial charge in [0.15, 0.2) is 0 Å². The first-order chi connectivity index (χ1) is 8.55. The largest absolute Gasteiger partial charge is 0.444 e. The van der Waals surface area contributed by atoms with E-state index in [1.54, 1.807) is 20.8 Å². The van der Waals surface area contributed by atoms with E-state index in [4.69, 9.17) is 4.74 Å². The molecule has 1 N–H and O–H groups in total. The number of hydrogen-bond donors (Lipinski definition) is 1. The summed E-state index contributed by atoms with van der Waals surface area (Å²) < 4.78 is 44.9. The van der Waals surface area contributed by atoms with Gasteiger partial charge in [0.2, 0.25) is 0 Å². The number of ether oxygens (including phenoxy) is 1. The van der Waals surface area contributed by atoms with Crippen molar-refractivity contribution in [1.29, 1.82) is 0 Å². The highest BCUT2D eigenvalue weighted by molar-refractivity contribution is 5.68. The van der Waals surface area contributed by atoms with Crippen LogP contribution in [0.1, 0.15) is 20.8 Å². The van der Waals surface area contributed by atoms with E-state index in [1.807, 2.05) is 0 Å². The van der Waals surface area contributed by atoms with Crippen LogP contribution in [0.25, 0.3) is 0 Å². The van der Waals surface area contributed by atoms with Gasteiger partial charge in [-0.2, -0.15) is 13.2 Å². The van der Waals surface area contributed by atoms with Gasteiger partial charge < -0.3 is 15.0 Å². The maximum Gasteiger partial charge on any atom is 0.410 e. The number of hydrogen-bond acceptors (Lipinski definition) is 3. The van der Waals surface area contributed by atoms with Crippen LogP contribution in [-0.4, -0.2) is 48.9 Å². The second-order valence-corrected chi connectivity index (χ2v) is 6.34. The number of nitrogens with one attached hydrogen (secondary N) is 1. The number of rotatable bonds is 0. The third-order valence-corrected chi connectivity index (χ3v) is 3.74. The highest BCUT2D eigenvalue weighted by Gasteiger charge is 2.65. The van der Waals surface area contributed by atoms with Crippen LogP contribution in [0, 0.1) is 11.3 Å². The lowest BCUT2D eigenvalue weighted by Crippen LogP contribution is -2.46. The number of halogens is 3. The first kappa shape index (κ1) is 14.4. The molecule has 4 nitrogen and oxygen atoms in total. The number of nitrogens with zero attached hydrogens (tertiary/aromatic N) is 1. The van der Waals surface area contributed by atoms with Gasteiger partial charge in [0.05, 0.1) is 0 Å². The van der Waals surface area contributed by atoms with Crippen LogP contribution in [-0.2, 0) is 4.74 Å². The molecule has 2 fully saturated rings. The first-order valence-corrected chi connectivity index (χ1v) is 6.30. The predicted octanol–water partition coefficient (Wildman–Crippen LogP) is 2.01. The minimum Gasteiger partial charge on any atom is -0.444 e. The summed E-state index contributed by atoms with van der Waals surface area (Å²) >= 11 is 0. The molecular weight excluding hydrogens is 261 g/mol. The number of amides is 1. The monoisotopic (exact) mass is 280 g/mol. The summed E-state index contributed by atoms with van der Waals surface area (Å²) in [7, 11) is 0. The van der Waals surface area contributed by atoms with Crippen molar-refractivity contribution in [2.24, 2.45) is 11.3 Å². The summed E-state index contributed by atoms with van der Waals surface area (Å²) in [5.41, 5.74) is -2.51. The summed E-state index contributed by atoms with van der Waals surface area (Å²) in [5, 5.41) is 2.78. The molecule has 0 bridgehead atoms. The molecule has 0 aromatic rings. The lowest BCUT2D eigenvalue weighted by molar-refractivity contribution is -0.220. The van der Waals surface area contributed by atoms with Gasteiger partial charge in [0, 0.05) is 32.1 Å². The molecule has 2 aliphatic heterocycles. The SMILES string of the molecule is CC(C)(C)OC(=O)N1C[C@@H]2CNC[C@@]2(C(F)(F)F)C1. The number of alkyl halides is 3. The molecule has 0 aliphatic carbocycles. The normalized spacial score (nSPS) is 31.5. The van der Waals surface area contributed by atoms with E-state index in [-0.39, 0.29) is 19.6 Å². The highest BCUT2D eigenvalue weighted by atomic mass is 19.4. The van der Waals surface area contributed by atoms with E-state index < -0.39 is 29.2 Å². The van der Waals surface area contributed by atoms with Gasteiger partial charge in [-0.25, -0.2) is 4.79 Å². The second-order valence-electron chi connectivity index (χ2n) is 6.34. The first-order valence-electron chi connectivity index (χ1n) is 6.30. The van der Waals surface area contributed by atoms with E-state index in [9.17, 15) is 18.0 Å². The number of carbonyl (C=O) groups is 1. The van der Waals surface area contributed by atoms with E-state index >= 15 is 0 Å². The van der Waals surface area contributed by atoms with Crippen LogP contribution in [0.3, 0.4) is 0 Å². The van der Waals surface area contributed by atoms with Crippen LogP contribution >= 0.6 is 0 Å². The van der Waals surface area contributed by atoms with Crippen molar-refractivity contribution >= 4 is 6.09 Å². The van der Waals surface area contributed by atoms with Gasteiger partial charge in [0.25, 0.3) is 0 Å². The van der Waals surface area contributed by atoms with Gasteiger partial charge >= 0.3 is 12.3 Å².